The van der Waals surface area contributed by atoms with E-state index in [-0.39, 0.29) is 9.41 Å². The molecule has 1 nitrogen and oxygen atoms in total. The van der Waals surface area contributed by atoms with E-state index in [4.69, 9.17) is 0 Å². The van der Waals surface area contributed by atoms with Crippen LogP contribution in [-0.4, -0.2) is 4.57 Å². The first-order valence-corrected chi connectivity index (χ1v) is 11.9. The van der Waals surface area contributed by atoms with Gasteiger partial charge in [-0.15, -0.1) is 0 Å². The fraction of sp³-hybridized carbons (Fsp3) is 0.167. The Morgan fingerprint density at radius 3 is 2.50 bits per heavy atom. The van der Waals surface area contributed by atoms with Gasteiger partial charge in [-0.3, -0.25) is 0 Å². The quantitative estimate of drug-likeness (QED) is 0.537. The Labute approximate surface area is 175 Å². The molecule has 0 aliphatic heterocycles. The molecule has 1 atom stereocenters. The molecule has 2 aromatic carbocycles. The number of nitrogens with zero attached hydrogens (tertiary/aromatic N) is 1. The van der Waals surface area contributed by atoms with Crippen molar-refractivity contribution in [2.45, 2.75) is 23.9 Å². The van der Waals surface area contributed by atoms with Crippen molar-refractivity contribution in [1.29, 1.82) is 0 Å². The summed E-state index contributed by atoms with van der Waals surface area (Å²) in [5.74, 6) is 0. The van der Waals surface area contributed by atoms with Gasteiger partial charge in [0.05, 0.1) is 0 Å². The molecule has 0 amide bonds. The molecule has 1 unspecified atom stereocenters. The van der Waals surface area contributed by atoms with Gasteiger partial charge in [0, 0.05) is 0 Å². The molecule has 1 heterocycles. The topological polar surface area (TPSA) is 4.93 Å². The molecule has 0 spiro atoms. The Kier molecular flexibility index (Phi) is 6.00. The van der Waals surface area contributed by atoms with Crippen LogP contribution >= 0.6 is 0 Å². The van der Waals surface area contributed by atoms with Crippen molar-refractivity contribution in [1.82, 2.24) is 4.57 Å². The summed E-state index contributed by atoms with van der Waals surface area (Å²) < 4.78 is 4.83. The summed E-state index contributed by atoms with van der Waals surface area (Å²) in [6.45, 7) is 4.53. The second kappa shape index (κ2) is 8.13. The Hall–Kier alpha value is -2.06. The van der Waals surface area contributed by atoms with Gasteiger partial charge in [-0.2, -0.15) is 0 Å². The standard InChI is InChI=1S/C19H16N.C5H5.2FH.Zr/c1-13-14(2)20(19-10-6-5-9-18(13)19)17-11-15-7-3-4-8-16(15)12-17;1-2-4-5-3-1;;;/h3-12H,1-2H3;1-3H,4H2;2*1H;/q;;;;+2/p-2. The maximum atomic E-state index is 2.54. The van der Waals surface area contributed by atoms with Crippen LogP contribution in [0.15, 0.2) is 70.0 Å². The van der Waals surface area contributed by atoms with Gasteiger partial charge in [0.1, 0.15) is 0 Å². The van der Waals surface area contributed by atoms with E-state index in [1.54, 1.807) is 3.28 Å². The minimum atomic E-state index is -0.735. The first-order chi connectivity index (χ1) is 12.7. The molecule has 2 aliphatic rings. The van der Waals surface area contributed by atoms with Crippen molar-refractivity contribution in [3.8, 4) is 0 Å². The Morgan fingerprint density at radius 1 is 0.964 bits per heavy atom. The molecular weight excluding hydrogens is 431 g/mol. The van der Waals surface area contributed by atoms with E-state index in [0.717, 1.165) is 0 Å². The van der Waals surface area contributed by atoms with Gasteiger partial charge >= 0.3 is 167 Å². The van der Waals surface area contributed by atoms with Crippen molar-refractivity contribution in [3.63, 3.8) is 0 Å². The number of hydrogen-bond donors (Lipinski definition) is 0. The molecule has 0 saturated carbocycles. The second-order valence-electron chi connectivity index (χ2n) is 7.16. The third kappa shape index (κ3) is 3.18. The zero-order chi connectivity index (χ0) is 17.7. The van der Waals surface area contributed by atoms with Crippen LogP contribution in [0.3, 0.4) is 0 Å². The minimum absolute atomic E-state index is 0. The molecule has 28 heavy (non-hydrogen) atoms. The Morgan fingerprint density at radius 2 is 1.71 bits per heavy atom. The second-order valence-corrected chi connectivity index (χ2v) is 10.9. The largest absolute Gasteiger partial charge is 1.00 e. The normalized spacial score (nSPS) is 16.7. The number of para-hydroxylation sites is 1. The molecule has 4 heteroatoms. The van der Waals surface area contributed by atoms with Crippen LogP contribution < -0.4 is 9.41 Å². The molecule has 1 aromatic heterocycles. The number of aromatic nitrogens is 1. The van der Waals surface area contributed by atoms with Crippen molar-refractivity contribution in [2.24, 2.45) is 0 Å². The summed E-state index contributed by atoms with van der Waals surface area (Å²) in [5.41, 5.74) is 8.58. The first-order valence-electron chi connectivity index (χ1n) is 9.24. The molecule has 0 fully saturated rings. The fourth-order valence-corrected chi connectivity index (χ4v) is 8.13. The SMILES string of the molecule is Cc1c(C)n(C2=Cc3ccccc3[CH]2[Zr+2][C]2=CC=CC2)c2ccccc12.[F-].[F-]. The third-order valence-electron chi connectivity index (χ3n) is 5.69. The average Bonchev–Trinajstić information content (AvgIpc) is 3.36. The number of allylic oxidation sites excluding steroid dienone is 5. The first kappa shape index (κ1) is 20.7. The Balaban J connectivity index is 0.00000112. The summed E-state index contributed by atoms with van der Waals surface area (Å²) >= 11 is -0.735. The molecule has 3 aromatic rings. The van der Waals surface area contributed by atoms with Crippen LogP contribution in [0.5, 0.6) is 0 Å². The zero-order valence-corrected chi connectivity index (χ0v) is 18.4. The summed E-state index contributed by atoms with van der Waals surface area (Å²) in [6.07, 6.45) is 10.5. The molecular formula is C24H21F2NZr. The van der Waals surface area contributed by atoms with Crippen LogP contribution in [0, 0.1) is 13.8 Å². The smallest absolute Gasteiger partial charge is 1.00 e. The number of fused-ring (bicyclic) bond motifs is 2. The van der Waals surface area contributed by atoms with Gasteiger partial charge < -0.3 is 9.41 Å². The van der Waals surface area contributed by atoms with E-state index >= 15 is 0 Å². The van der Waals surface area contributed by atoms with Crippen LogP contribution in [0.25, 0.3) is 22.7 Å². The van der Waals surface area contributed by atoms with Crippen LogP contribution in [0.2, 0.25) is 0 Å². The molecule has 0 bridgehead atoms. The number of aryl methyl sites for hydroxylation is 1. The van der Waals surface area contributed by atoms with Gasteiger partial charge in [0.25, 0.3) is 0 Å². The average molecular weight is 453 g/mol. The Bertz CT molecular complexity index is 1120. The zero-order valence-electron chi connectivity index (χ0n) is 15.9. The molecule has 140 valence electrons. The van der Waals surface area contributed by atoms with Crippen LogP contribution in [0.1, 0.15) is 32.4 Å². The van der Waals surface area contributed by atoms with Gasteiger partial charge in [0.15, 0.2) is 0 Å². The number of halogens is 2. The predicted molar refractivity (Wildman–Crippen MR) is 107 cm³/mol. The van der Waals surface area contributed by atoms with Crippen molar-refractivity contribution in [3.05, 3.63) is 92.4 Å². The number of hydrogen-bond acceptors (Lipinski definition) is 0. The summed E-state index contributed by atoms with van der Waals surface area (Å²) in [6, 6.07) is 17.9. The van der Waals surface area contributed by atoms with Crippen molar-refractivity contribution >= 4 is 22.7 Å². The molecule has 5 rings (SSSR count). The summed E-state index contributed by atoms with van der Waals surface area (Å²) in [5, 5.41) is 1.38. The fourth-order valence-electron chi connectivity index (χ4n) is 4.25. The molecule has 2 aliphatic carbocycles. The van der Waals surface area contributed by atoms with Gasteiger partial charge in [-0.1, -0.05) is 0 Å². The van der Waals surface area contributed by atoms with Crippen LogP contribution in [-0.2, 0) is 23.2 Å². The van der Waals surface area contributed by atoms with Gasteiger partial charge in [-0.25, -0.2) is 0 Å². The van der Waals surface area contributed by atoms with Crippen molar-refractivity contribution < 1.29 is 32.6 Å². The maximum Gasteiger partial charge on any atom is -1.00 e. The maximum absolute atomic E-state index is 2.54. The summed E-state index contributed by atoms with van der Waals surface area (Å²) in [7, 11) is 0. The van der Waals surface area contributed by atoms with E-state index in [1.165, 1.54) is 45.4 Å². The van der Waals surface area contributed by atoms with Gasteiger partial charge in [0.2, 0.25) is 0 Å². The minimum Gasteiger partial charge on any atom is -1.00 e. The molecule has 0 radical (unpaired) electrons. The molecule has 0 N–H and O–H groups in total. The predicted octanol–water partition coefficient (Wildman–Crippen LogP) is 0.245. The number of benzene rings is 2. The van der Waals surface area contributed by atoms with E-state index < -0.39 is 23.2 Å². The van der Waals surface area contributed by atoms with Crippen molar-refractivity contribution in [2.75, 3.05) is 0 Å². The monoisotopic (exact) mass is 451 g/mol. The number of rotatable bonds is 3. The van der Waals surface area contributed by atoms with E-state index in [0.29, 0.717) is 3.63 Å². The summed E-state index contributed by atoms with van der Waals surface area (Å²) in [4.78, 5) is 0. The van der Waals surface area contributed by atoms with Crippen LogP contribution in [0.4, 0.5) is 0 Å². The third-order valence-corrected chi connectivity index (χ3v) is 9.72. The molecule has 0 saturated heterocycles. The van der Waals surface area contributed by atoms with E-state index in [9.17, 15) is 0 Å². The van der Waals surface area contributed by atoms with E-state index in [1.807, 2.05) is 0 Å². The van der Waals surface area contributed by atoms with E-state index in [2.05, 4.69) is 91.2 Å². The van der Waals surface area contributed by atoms with Gasteiger partial charge in [-0.05, 0) is 0 Å².